The molecule has 3 aliphatic heterocycles. The Balaban J connectivity index is 1.80. The van der Waals surface area contributed by atoms with E-state index in [2.05, 4.69) is 29.8 Å². The molecule has 1 saturated heterocycles. The molecule has 0 bridgehead atoms. The summed E-state index contributed by atoms with van der Waals surface area (Å²) in [4.78, 5) is 26.8. The van der Waals surface area contributed by atoms with E-state index in [1.807, 2.05) is 27.0 Å². The van der Waals surface area contributed by atoms with E-state index < -0.39 is 5.60 Å². The molecule has 166 valence electrons. The summed E-state index contributed by atoms with van der Waals surface area (Å²) in [7, 11) is 1.69. The number of esters is 1. The molecule has 2 unspecified atom stereocenters. The molecule has 3 rings (SSSR count). The smallest absolute Gasteiger partial charge is 0.309 e. The van der Waals surface area contributed by atoms with Crippen LogP contribution < -0.4 is 0 Å². The Hall–Kier alpha value is -2.15. The van der Waals surface area contributed by atoms with E-state index in [1.54, 1.807) is 7.11 Å². The van der Waals surface area contributed by atoms with Gasteiger partial charge in [-0.1, -0.05) is 6.42 Å². The van der Waals surface area contributed by atoms with Crippen molar-refractivity contribution in [3.8, 4) is 0 Å². The quantitative estimate of drug-likeness (QED) is 0.656. The van der Waals surface area contributed by atoms with Gasteiger partial charge in [0.15, 0.2) is 11.7 Å². The molecule has 0 saturated carbocycles. The fraction of sp³-hybridized carbons (Fsp3) is 0.696. The third-order valence-corrected chi connectivity index (χ3v) is 5.69. The predicted molar refractivity (Wildman–Crippen MR) is 119 cm³/mol. The molecule has 0 amide bonds. The van der Waals surface area contributed by atoms with Gasteiger partial charge < -0.3 is 14.4 Å². The van der Waals surface area contributed by atoms with Crippen LogP contribution in [0.5, 0.6) is 0 Å². The number of carbonyl (C=O) groups excluding carboxylic acids is 1. The van der Waals surface area contributed by atoms with Crippen molar-refractivity contribution in [1.82, 2.24) is 9.80 Å². The van der Waals surface area contributed by atoms with Gasteiger partial charge in [-0.15, -0.1) is 0 Å². The lowest BCUT2D eigenvalue weighted by atomic mass is 9.95. The third-order valence-electron chi connectivity index (χ3n) is 5.69. The lowest BCUT2D eigenvalue weighted by molar-refractivity contribution is -0.160. The van der Waals surface area contributed by atoms with Gasteiger partial charge in [-0.3, -0.25) is 14.7 Å². The molecule has 0 spiro atoms. The molecule has 0 aromatic carbocycles. The Bertz CT molecular complexity index is 776. The maximum atomic E-state index is 12.6. The lowest BCUT2D eigenvalue weighted by Crippen LogP contribution is -2.49. The fourth-order valence-corrected chi connectivity index (χ4v) is 3.93. The summed E-state index contributed by atoms with van der Waals surface area (Å²) in [6.07, 6.45) is 7.69. The molecule has 1 fully saturated rings. The maximum absolute atomic E-state index is 12.6. The van der Waals surface area contributed by atoms with E-state index in [9.17, 15) is 4.79 Å². The minimum Gasteiger partial charge on any atom is -0.460 e. The molecule has 2 atom stereocenters. The third kappa shape index (κ3) is 5.31. The van der Waals surface area contributed by atoms with Crippen LogP contribution >= 0.6 is 0 Å². The molecule has 0 N–H and O–H groups in total. The molecule has 0 aromatic rings. The number of amidine groups is 2. The number of ether oxygens (including phenoxy) is 2. The zero-order valence-corrected chi connectivity index (χ0v) is 19.3. The van der Waals surface area contributed by atoms with E-state index in [4.69, 9.17) is 19.5 Å². The van der Waals surface area contributed by atoms with Crippen molar-refractivity contribution in [2.45, 2.75) is 71.9 Å². The summed E-state index contributed by atoms with van der Waals surface area (Å²) in [6, 6.07) is 0.118. The van der Waals surface area contributed by atoms with Crippen LogP contribution in [0.2, 0.25) is 0 Å². The van der Waals surface area contributed by atoms with E-state index >= 15 is 0 Å². The second-order valence-corrected chi connectivity index (χ2v) is 9.38. The maximum Gasteiger partial charge on any atom is 0.309 e. The van der Waals surface area contributed by atoms with Gasteiger partial charge in [-0.05, 0) is 59.5 Å². The Kier molecular flexibility index (Phi) is 7.01. The molecule has 0 radical (unpaired) electrons. The summed E-state index contributed by atoms with van der Waals surface area (Å²) < 4.78 is 11.0. The van der Waals surface area contributed by atoms with E-state index in [0.717, 1.165) is 56.1 Å². The van der Waals surface area contributed by atoms with Crippen LogP contribution in [-0.2, 0) is 14.3 Å². The number of rotatable bonds is 3. The van der Waals surface area contributed by atoms with Crippen LogP contribution in [0.1, 0.15) is 60.3 Å². The van der Waals surface area contributed by atoms with Crippen molar-refractivity contribution in [2.75, 3.05) is 26.8 Å². The van der Waals surface area contributed by atoms with Crippen molar-refractivity contribution in [3.63, 3.8) is 0 Å². The molecule has 0 aliphatic carbocycles. The number of carbonyl (C=O) groups is 1. The summed E-state index contributed by atoms with van der Waals surface area (Å²) in [5.41, 5.74) is 1.73. The topological polar surface area (TPSA) is 66.7 Å². The van der Waals surface area contributed by atoms with Gasteiger partial charge in [0.25, 0.3) is 0 Å². The first kappa shape index (κ1) is 22.5. The Labute approximate surface area is 180 Å². The highest BCUT2D eigenvalue weighted by Gasteiger charge is 2.33. The summed E-state index contributed by atoms with van der Waals surface area (Å²) in [5, 5.41) is 0. The number of hydrogen-bond acceptors (Lipinski definition) is 7. The van der Waals surface area contributed by atoms with E-state index in [1.165, 1.54) is 5.57 Å². The normalized spacial score (nSPS) is 25.3. The highest BCUT2D eigenvalue weighted by Crippen LogP contribution is 2.26. The first-order valence-electron chi connectivity index (χ1n) is 11.0. The molecular formula is C23H36N4O3. The monoisotopic (exact) mass is 416 g/mol. The zero-order valence-electron chi connectivity index (χ0n) is 19.3. The Morgan fingerprint density at radius 3 is 2.67 bits per heavy atom. The number of likely N-dealkylation sites (tertiary alicyclic amines) is 1. The van der Waals surface area contributed by atoms with Crippen LogP contribution in [0.15, 0.2) is 33.7 Å². The lowest BCUT2D eigenvalue weighted by Gasteiger charge is -2.38. The van der Waals surface area contributed by atoms with Crippen LogP contribution in [0.25, 0.3) is 0 Å². The van der Waals surface area contributed by atoms with Gasteiger partial charge in [0.05, 0.1) is 30.5 Å². The van der Waals surface area contributed by atoms with Crippen molar-refractivity contribution in [1.29, 1.82) is 0 Å². The number of aliphatic imine (C=N–C) groups is 2. The van der Waals surface area contributed by atoms with Crippen molar-refractivity contribution < 1.29 is 14.3 Å². The second kappa shape index (κ2) is 9.33. The fourth-order valence-electron chi connectivity index (χ4n) is 3.93. The predicted octanol–water partition coefficient (Wildman–Crippen LogP) is 3.73. The van der Waals surface area contributed by atoms with Gasteiger partial charge >= 0.3 is 5.97 Å². The number of methoxy groups -OCH3 is 1. The number of nitrogens with zero attached hydrogens (tertiary/aromatic N) is 4. The van der Waals surface area contributed by atoms with Gasteiger partial charge in [-0.25, -0.2) is 4.99 Å². The van der Waals surface area contributed by atoms with Gasteiger partial charge in [0, 0.05) is 26.4 Å². The Morgan fingerprint density at radius 2 is 1.97 bits per heavy atom. The molecule has 3 heterocycles. The summed E-state index contributed by atoms with van der Waals surface area (Å²) in [5.74, 6) is 1.61. The average molecular weight is 417 g/mol. The van der Waals surface area contributed by atoms with Crippen LogP contribution in [0.3, 0.4) is 0 Å². The molecule has 0 aromatic heterocycles. The minimum absolute atomic E-state index is 0.0683. The van der Waals surface area contributed by atoms with Gasteiger partial charge in [0.1, 0.15) is 5.60 Å². The van der Waals surface area contributed by atoms with Crippen molar-refractivity contribution in [3.05, 3.63) is 23.7 Å². The second-order valence-electron chi connectivity index (χ2n) is 9.38. The number of fused-ring (bicyclic) bond motifs is 1. The SMILES string of the molecule is COCC1=CN=C(N2CCCCC(C(=O)OC(C)(C)C)CC2)C2=NC(C)C(C)=CN12. The molecule has 30 heavy (non-hydrogen) atoms. The highest BCUT2D eigenvalue weighted by atomic mass is 16.6. The first-order valence-corrected chi connectivity index (χ1v) is 11.0. The standard InChI is InChI=1S/C23H36N4O3/c1-16-14-27-19(15-29-6)13-24-20(21(27)25-17(16)2)26-11-8-7-9-18(10-12-26)22(28)30-23(3,4)5/h13-14,17-18H,7-12,15H2,1-6H3. The summed E-state index contributed by atoms with van der Waals surface area (Å²) >= 11 is 0. The van der Waals surface area contributed by atoms with Gasteiger partial charge in [-0.2, -0.15) is 0 Å². The molecule has 7 heteroatoms. The largest absolute Gasteiger partial charge is 0.460 e. The average Bonchev–Trinajstić information content (AvgIpc) is 2.63. The van der Waals surface area contributed by atoms with Crippen molar-refractivity contribution in [2.24, 2.45) is 15.9 Å². The molecule has 7 nitrogen and oxygen atoms in total. The number of hydrogen-bond donors (Lipinski definition) is 0. The van der Waals surface area contributed by atoms with Crippen LogP contribution in [0, 0.1) is 5.92 Å². The molecule has 3 aliphatic rings. The van der Waals surface area contributed by atoms with E-state index in [-0.39, 0.29) is 17.9 Å². The van der Waals surface area contributed by atoms with Gasteiger partial charge in [0.2, 0.25) is 0 Å². The summed E-state index contributed by atoms with van der Waals surface area (Å²) in [6.45, 7) is 12.1. The Morgan fingerprint density at radius 1 is 1.20 bits per heavy atom. The minimum atomic E-state index is -0.452. The van der Waals surface area contributed by atoms with Crippen molar-refractivity contribution >= 4 is 17.6 Å². The van der Waals surface area contributed by atoms with Crippen LogP contribution in [0.4, 0.5) is 0 Å². The zero-order chi connectivity index (χ0) is 21.9. The van der Waals surface area contributed by atoms with Crippen LogP contribution in [-0.4, -0.2) is 65.9 Å². The molecular weight excluding hydrogens is 380 g/mol. The first-order chi connectivity index (χ1) is 14.2. The highest BCUT2D eigenvalue weighted by molar-refractivity contribution is 6.41. The van der Waals surface area contributed by atoms with E-state index in [0.29, 0.717) is 6.61 Å².